The minimum absolute atomic E-state index is 0.121. The molecule has 0 atom stereocenters. The Bertz CT molecular complexity index is 500. The molecule has 0 aromatic heterocycles. The number of nitrogens with zero attached hydrogens (tertiary/aromatic N) is 3. The predicted octanol–water partition coefficient (Wildman–Crippen LogP) is 1.19. The molecular formula is C16H23N3O2. The molecule has 0 bridgehead atoms. The van der Waals surface area contributed by atoms with Gasteiger partial charge in [-0.15, -0.1) is 0 Å². The standard InChI is InChI=1S/C16H23N3O2/c1-14(20)19-9-8-18(15-4-2-3-5-16(15)19)7-6-17-10-12-21-13-11-17/h2-5H,6-13H2,1H3. The van der Waals surface area contributed by atoms with Crippen LogP contribution in [0.5, 0.6) is 0 Å². The van der Waals surface area contributed by atoms with E-state index in [2.05, 4.69) is 15.9 Å². The molecule has 3 rings (SSSR count). The Kier molecular flexibility index (Phi) is 4.41. The van der Waals surface area contributed by atoms with Gasteiger partial charge in [-0.2, -0.15) is 0 Å². The van der Waals surface area contributed by atoms with Crippen LogP contribution in [-0.4, -0.2) is 63.3 Å². The Morgan fingerprint density at radius 2 is 1.76 bits per heavy atom. The van der Waals surface area contributed by atoms with Crippen molar-refractivity contribution in [2.45, 2.75) is 6.92 Å². The van der Waals surface area contributed by atoms with Gasteiger partial charge in [0.15, 0.2) is 0 Å². The Hall–Kier alpha value is -1.59. The van der Waals surface area contributed by atoms with Gasteiger partial charge in [0.2, 0.25) is 5.91 Å². The number of benzene rings is 1. The van der Waals surface area contributed by atoms with Gasteiger partial charge in [-0.3, -0.25) is 9.69 Å². The molecule has 2 heterocycles. The topological polar surface area (TPSA) is 36.0 Å². The summed E-state index contributed by atoms with van der Waals surface area (Å²) in [6.45, 7) is 9.10. The van der Waals surface area contributed by atoms with Crippen molar-refractivity contribution in [3.63, 3.8) is 0 Å². The van der Waals surface area contributed by atoms with Crippen molar-refractivity contribution < 1.29 is 9.53 Å². The summed E-state index contributed by atoms with van der Waals surface area (Å²) in [6.07, 6.45) is 0. The van der Waals surface area contributed by atoms with E-state index in [9.17, 15) is 4.79 Å². The number of hydrogen-bond acceptors (Lipinski definition) is 4. The van der Waals surface area contributed by atoms with Crippen LogP contribution < -0.4 is 9.80 Å². The first-order chi connectivity index (χ1) is 10.3. The molecule has 114 valence electrons. The van der Waals surface area contributed by atoms with E-state index >= 15 is 0 Å². The molecule has 0 saturated carbocycles. The van der Waals surface area contributed by atoms with Gasteiger partial charge in [-0.1, -0.05) is 12.1 Å². The van der Waals surface area contributed by atoms with Crippen molar-refractivity contribution in [2.75, 3.05) is 62.3 Å². The number of amides is 1. The van der Waals surface area contributed by atoms with Gasteiger partial charge in [0.25, 0.3) is 0 Å². The highest BCUT2D eigenvalue weighted by atomic mass is 16.5. The molecule has 5 heteroatoms. The van der Waals surface area contributed by atoms with Crippen LogP contribution in [0.25, 0.3) is 0 Å². The van der Waals surface area contributed by atoms with Crippen LogP contribution in [0, 0.1) is 0 Å². The third kappa shape index (κ3) is 3.19. The molecule has 0 radical (unpaired) electrons. The zero-order valence-corrected chi connectivity index (χ0v) is 12.6. The third-order valence-corrected chi connectivity index (χ3v) is 4.28. The molecule has 0 aliphatic carbocycles. The van der Waals surface area contributed by atoms with E-state index in [0.717, 1.165) is 58.2 Å². The van der Waals surface area contributed by atoms with Crippen molar-refractivity contribution in [3.05, 3.63) is 24.3 Å². The molecule has 1 aromatic rings. The second-order valence-corrected chi connectivity index (χ2v) is 5.60. The second-order valence-electron chi connectivity index (χ2n) is 5.60. The maximum Gasteiger partial charge on any atom is 0.223 e. The SMILES string of the molecule is CC(=O)N1CCN(CCN2CCOCC2)c2ccccc21. The Labute approximate surface area is 126 Å². The number of carbonyl (C=O) groups is 1. The maximum absolute atomic E-state index is 11.8. The first-order valence-electron chi connectivity index (χ1n) is 7.68. The van der Waals surface area contributed by atoms with E-state index in [1.165, 1.54) is 5.69 Å². The van der Waals surface area contributed by atoms with Gasteiger partial charge >= 0.3 is 0 Å². The normalized spacial score (nSPS) is 19.5. The summed E-state index contributed by atoms with van der Waals surface area (Å²) >= 11 is 0. The van der Waals surface area contributed by atoms with Crippen LogP contribution in [0.1, 0.15) is 6.92 Å². The third-order valence-electron chi connectivity index (χ3n) is 4.28. The fourth-order valence-electron chi connectivity index (χ4n) is 3.07. The van der Waals surface area contributed by atoms with Crippen molar-refractivity contribution in [1.82, 2.24) is 4.90 Å². The monoisotopic (exact) mass is 289 g/mol. The highest BCUT2D eigenvalue weighted by Gasteiger charge is 2.24. The van der Waals surface area contributed by atoms with Gasteiger partial charge in [0, 0.05) is 46.2 Å². The quantitative estimate of drug-likeness (QED) is 0.837. The number of fused-ring (bicyclic) bond motifs is 1. The van der Waals surface area contributed by atoms with Crippen LogP contribution in [0.2, 0.25) is 0 Å². The number of anilines is 2. The van der Waals surface area contributed by atoms with Crippen molar-refractivity contribution >= 4 is 17.3 Å². The largest absolute Gasteiger partial charge is 0.379 e. The fraction of sp³-hybridized carbons (Fsp3) is 0.562. The smallest absolute Gasteiger partial charge is 0.223 e. The fourth-order valence-corrected chi connectivity index (χ4v) is 3.07. The molecule has 1 fully saturated rings. The summed E-state index contributed by atoms with van der Waals surface area (Å²) in [7, 11) is 0. The predicted molar refractivity (Wildman–Crippen MR) is 83.9 cm³/mol. The highest BCUT2D eigenvalue weighted by molar-refractivity contribution is 5.96. The minimum atomic E-state index is 0.121. The number of para-hydroxylation sites is 2. The molecule has 0 spiro atoms. The number of morpholine rings is 1. The van der Waals surface area contributed by atoms with E-state index < -0.39 is 0 Å². The van der Waals surface area contributed by atoms with Gasteiger partial charge in [0.05, 0.1) is 24.6 Å². The molecule has 1 amide bonds. The molecule has 2 aliphatic rings. The van der Waals surface area contributed by atoms with Gasteiger partial charge in [-0.05, 0) is 12.1 Å². The zero-order valence-electron chi connectivity index (χ0n) is 12.6. The molecule has 21 heavy (non-hydrogen) atoms. The molecule has 2 aliphatic heterocycles. The number of carbonyl (C=O) groups excluding carboxylic acids is 1. The van der Waals surface area contributed by atoms with Crippen LogP contribution in [-0.2, 0) is 9.53 Å². The number of hydrogen-bond donors (Lipinski definition) is 0. The molecule has 0 N–H and O–H groups in total. The van der Waals surface area contributed by atoms with Crippen LogP contribution in [0.15, 0.2) is 24.3 Å². The van der Waals surface area contributed by atoms with E-state index in [4.69, 9.17) is 4.74 Å². The van der Waals surface area contributed by atoms with Crippen molar-refractivity contribution in [3.8, 4) is 0 Å². The van der Waals surface area contributed by atoms with Crippen LogP contribution in [0.3, 0.4) is 0 Å². The summed E-state index contributed by atoms with van der Waals surface area (Å²) in [4.78, 5) is 18.5. The Morgan fingerprint density at radius 1 is 1.05 bits per heavy atom. The van der Waals surface area contributed by atoms with Crippen LogP contribution in [0.4, 0.5) is 11.4 Å². The highest BCUT2D eigenvalue weighted by Crippen LogP contribution is 2.32. The summed E-state index contributed by atoms with van der Waals surface area (Å²) in [5.41, 5.74) is 2.21. The number of ether oxygens (including phenoxy) is 1. The summed E-state index contributed by atoms with van der Waals surface area (Å²) in [5.74, 6) is 0.121. The molecule has 0 unspecified atom stereocenters. The summed E-state index contributed by atoms with van der Waals surface area (Å²) in [5, 5.41) is 0. The first-order valence-corrected chi connectivity index (χ1v) is 7.68. The molecule has 1 aromatic carbocycles. The maximum atomic E-state index is 11.8. The van der Waals surface area contributed by atoms with Crippen molar-refractivity contribution in [1.29, 1.82) is 0 Å². The number of rotatable bonds is 3. The first kappa shape index (κ1) is 14.4. The lowest BCUT2D eigenvalue weighted by molar-refractivity contribution is -0.116. The average molecular weight is 289 g/mol. The average Bonchev–Trinajstić information content (AvgIpc) is 2.53. The lowest BCUT2D eigenvalue weighted by atomic mass is 10.1. The van der Waals surface area contributed by atoms with E-state index in [1.54, 1.807) is 6.92 Å². The van der Waals surface area contributed by atoms with Crippen LogP contribution >= 0.6 is 0 Å². The van der Waals surface area contributed by atoms with Gasteiger partial charge in [-0.25, -0.2) is 0 Å². The minimum Gasteiger partial charge on any atom is -0.379 e. The summed E-state index contributed by atoms with van der Waals surface area (Å²) < 4.78 is 5.39. The molecular weight excluding hydrogens is 266 g/mol. The van der Waals surface area contributed by atoms with Gasteiger partial charge < -0.3 is 14.5 Å². The lowest BCUT2D eigenvalue weighted by Gasteiger charge is -2.38. The van der Waals surface area contributed by atoms with Crippen molar-refractivity contribution in [2.24, 2.45) is 0 Å². The summed E-state index contributed by atoms with van der Waals surface area (Å²) in [6, 6.07) is 8.20. The van der Waals surface area contributed by atoms with E-state index in [-0.39, 0.29) is 5.91 Å². The molecule has 1 saturated heterocycles. The molecule has 5 nitrogen and oxygen atoms in total. The second kappa shape index (κ2) is 6.45. The Morgan fingerprint density at radius 3 is 2.48 bits per heavy atom. The Balaban J connectivity index is 1.69. The van der Waals surface area contributed by atoms with E-state index in [0.29, 0.717) is 0 Å². The zero-order chi connectivity index (χ0) is 14.7. The lowest BCUT2D eigenvalue weighted by Crippen LogP contribution is -2.47. The van der Waals surface area contributed by atoms with E-state index in [1.807, 2.05) is 23.1 Å². The van der Waals surface area contributed by atoms with Gasteiger partial charge in [0.1, 0.15) is 0 Å².